The molecule has 13 heavy (non-hydrogen) atoms. The summed E-state index contributed by atoms with van der Waals surface area (Å²) in [4.78, 5) is 0. The van der Waals surface area contributed by atoms with E-state index in [0.29, 0.717) is 11.3 Å². The molecule has 0 atom stereocenters. The Balaban J connectivity index is 3.16. The first-order chi connectivity index (χ1) is 6.19. The summed E-state index contributed by atoms with van der Waals surface area (Å²) >= 11 is 5.65. The van der Waals surface area contributed by atoms with Crippen molar-refractivity contribution in [1.29, 1.82) is 5.26 Å². The fourth-order valence-electron chi connectivity index (χ4n) is 0.948. The molecule has 0 unspecified atom stereocenters. The van der Waals surface area contributed by atoms with Crippen molar-refractivity contribution < 1.29 is 9.13 Å². The third-order valence-corrected chi connectivity index (χ3v) is 1.89. The molecule has 0 bridgehead atoms. The van der Waals surface area contributed by atoms with Crippen LogP contribution in [0, 0.1) is 17.1 Å². The molecule has 0 saturated heterocycles. The number of halogens is 2. The summed E-state index contributed by atoms with van der Waals surface area (Å²) in [5.74, 6) is -0.0966. The van der Waals surface area contributed by atoms with Gasteiger partial charge in [-0.2, -0.15) is 5.26 Å². The lowest BCUT2D eigenvalue weighted by molar-refractivity contribution is 0.413. The van der Waals surface area contributed by atoms with E-state index >= 15 is 0 Å². The SMILES string of the molecule is COc1cc(CC#N)c(F)cc1Cl. The molecule has 0 saturated carbocycles. The maximum atomic E-state index is 13.1. The zero-order chi connectivity index (χ0) is 9.84. The van der Waals surface area contributed by atoms with E-state index in [1.54, 1.807) is 0 Å². The lowest BCUT2D eigenvalue weighted by atomic mass is 10.1. The van der Waals surface area contributed by atoms with Crippen LogP contribution in [0.2, 0.25) is 5.02 Å². The van der Waals surface area contributed by atoms with Crippen molar-refractivity contribution in [3.05, 3.63) is 28.5 Å². The molecule has 0 aromatic heterocycles. The van der Waals surface area contributed by atoms with Gasteiger partial charge >= 0.3 is 0 Å². The van der Waals surface area contributed by atoms with Crippen LogP contribution in [0.4, 0.5) is 4.39 Å². The van der Waals surface area contributed by atoms with Crippen LogP contribution in [-0.4, -0.2) is 7.11 Å². The van der Waals surface area contributed by atoms with Crippen LogP contribution in [-0.2, 0) is 6.42 Å². The number of ether oxygens (including phenoxy) is 1. The van der Waals surface area contributed by atoms with Crippen LogP contribution < -0.4 is 4.74 Å². The van der Waals surface area contributed by atoms with Crippen LogP contribution >= 0.6 is 11.6 Å². The highest BCUT2D eigenvalue weighted by Crippen LogP contribution is 2.27. The largest absolute Gasteiger partial charge is 0.495 e. The molecular formula is C9H7ClFNO. The van der Waals surface area contributed by atoms with Crippen molar-refractivity contribution in [2.24, 2.45) is 0 Å². The number of rotatable bonds is 2. The Morgan fingerprint density at radius 2 is 2.31 bits per heavy atom. The van der Waals surface area contributed by atoms with Gasteiger partial charge in [-0.3, -0.25) is 0 Å². The third kappa shape index (κ3) is 2.10. The molecule has 0 spiro atoms. The van der Waals surface area contributed by atoms with E-state index in [1.807, 2.05) is 6.07 Å². The van der Waals surface area contributed by atoms with Gasteiger partial charge in [0.1, 0.15) is 11.6 Å². The first kappa shape index (κ1) is 9.82. The monoisotopic (exact) mass is 199 g/mol. The van der Waals surface area contributed by atoms with Gasteiger partial charge in [0, 0.05) is 5.56 Å². The second-order valence-corrected chi connectivity index (χ2v) is 2.82. The van der Waals surface area contributed by atoms with E-state index < -0.39 is 5.82 Å². The van der Waals surface area contributed by atoms with Crippen LogP contribution in [0.25, 0.3) is 0 Å². The number of nitriles is 1. The second-order valence-electron chi connectivity index (χ2n) is 2.41. The van der Waals surface area contributed by atoms with Gasteiger partial charge in [0.25, 0.3) is 0 Å². The van der Waals surface area contributed by atoms with Gasteiger partial charge in [0.15, 0.2) is 0 Å². The summed E-state index contributed by atoms with van der Waals surface area (Å²) in [5, 5.41) is 8.60. The van der Waals surface area contributed by atoms with Crippen LogP contribution in [0.5, 0.6) is 5.75 Å². The number of benzene rings is 1. The zero-order valence-electron chi connectivity index (χ0n) is 6.97. The highest BCUT2D eigenvalue weighted by molar-refractivity contribution is 6.32. The van der Waals surface area contributed by atoms with Gasteiger partial charge < -0.3 is 4.74 Å². The lowest BCUT2D eigenvalue weighted by Crippen LogP contribution is -1.92. The van der Waals surface area contributed by atoms with Crippen molar-refractivity contribution in [1.82, 2.24) is 0 Å². The summed E-state index contributed by atoms with van der Waals surface area (Å²) in [5.41, 5.74) is 0.295. The Morgan fingerprint density at radius 3 is 2.85 bits per heavy atom. The number of hydrogen-bond acceptors (Lipinski definition) is 2. The Kier molecular flexibility index (Phi) is 3.10. The van der Waals surface area contributed by atoms with Gasteiger partial charge in [0.05, 0.1) is 24.6 Å². The Labute approximate surface area is 80.5 Å². The molecule has 0 N–H and O–H groups in total. The molecule has 0 fully saturated rings. The van der Waals surface area contributed by atoms with Gasteiger partial charge in [0.2, 0.25) is 0 Å². The van der Waals surface area contributed by atoms with Crippen molar-refractivity contribution in [3.8, 4) is 11.8 Å². The summed E-state index contributed by atoms with van der Waals surface area (Å²) in [6, 6.07) is 4.43. The maximum absolute atomic E-state index is 13.1. The predicted molar refractivity (Wildman–Crippen MR) is 47.3 cm³/mol. The normalized spacial score (nSPS) is 9.38. The summed E-state index contributed by atoms with van der Waals surface area (Å²) in [6.45, 7) is 0. The topological polar surface area (TPSA) is 33.0 Å². The van der Waals surface area contributed by atoms with Crippen molar-refractivity contribution in [2.75, 3.05) is 7.11 Å². The molecular weight excluding hydrogens is 193 g/mol. The molecule has 0 aliphatic carbocycles. The zero-order valence-corrected chi connectivity index (χ0v) is 7.73. The first-order valence-electron chi connectivity index (χ1n) is 3.58. The quantitative estimate of drug-likeness (QED) is 0.734. The van der Waals surface area contributed by atoms with E-state index in [0.717, 1.165) is 6.07 Å². The molecule has 0 amide bonds. The minimum Gasteiger partial charge on any atom is -0.495 e. The Hall–Kier alpha value is -1.27. The molecule has 1 aromatic rings. The summed E-state index contributed by atoms with van der Waals surface area (Å²) in [6.07, 6.45) is 0.0133. The molecule has 1 rings (SSSR count). The summed E-state index contributed by atoms with van der Waals surface area (Å²) < 4.78 is 17.9. The molecule has 0 aliphatic heterocycles. The average Bonchev–Trinajstić information content (AvgIpc) is 2.10. The predicted octanol–water partition coefficient (Wildman–Crippen LogP) is 2.55. The lowest BCUT2D eigenvalue weighted by Gasteiger charge is -2.05. The van der Waals surface area contributed by atoms with Gasteiger partial charge in [-0.05, 0) is 12.1 Å². The fraction of sp³-hybridized carbons (Fsp3) is 0.222. The van der Waals surface area contributed by atoms with Crippen molar-refractivity contribution in [2.45, 2.75) is 6.42 Å². The summed E-state index contributed by atoms with van der Waals surface area (Å²) in [7, 11) is 1.44. The van der Waals surface area contributed by atoms with Crippen molar-refractivity contribution in [3.63, 3.8) is 0 Å². The van der Waals surface area contributed by atoms with E-state index in [2.05, 4.69) is 0 Å². The molecule has 4 heteroatoms. The number of methoxy groups -OCH3 is 1. The average molecular weight is 200 g/mol. The molecule has 0 radical (unpaired) electrons. The third-order valence-electron chi connectivity index (χ3n) is 1.59. The molecule has 2 nitrogen and oxygen atoms in total. The maximum Gasteiger partial charge on any atom is 0.137 e. The minimum absolute atomic E-state index is 0.0133. The van der Waals surface area contributed by atoms with Crippen LogP contribution in [0.15, 0.2) is 12.1 Å². The standard InChI is InChI=1S/C9H7ClFNO/c1-13-9-4-6(2-3-12)8(11)5-7(9)10/h4-5H,2H2,1H3. The molecule has 68 valence electrons. The molecule has 1 aromatic carbocycles. The Bertz CT molecular complexity index is 359. The Morgan fingerprint density at radius 1 is 1.62 bits per heavy atom. The second kappa shape index (κ2) is 4.11. The number of nitrogens with zero attached hydrogens (tertiary/aromatic N) is 1. The van der Waals surface area contributed by atoms with Gasteiger partial charge in [-0.25, -0.2) is 4.39 Å². The van der Waals surface area contributed by atoms with Crippen LogP contribution in [0.3, 0.4) is 0 Å². The molecule has 0 aliphatic rings. The highest BCUT2D eigenvalue weighted by atomic mass is 35.5. The van der Waals surface area contributed by atoms with Crippen molar-refractivity contribution >= 4 is 11.6 Å². The smallest absolute Gasteiger partial charge is 0.137 e. The highest BCUT2D eigenvalue weighted by Gasteiger charge is 2.08. The van der Waals surface area contributed by atoms with E-state index in [4.69, 9.17) is 21.6 Å². The fourth-order valence-corrected chi connectivity index (χ4v) is 1.18. The van der Waals surface area contributed by atoms with Gasteiger partial charge in [-0.15, -0.1) is 0 Å². The van der Waals surface area contributed by atoms with E-state index in [1.165, 1.54) is 13.2 Å². The van der Waals surface area contributed by atoms with Crippen LogP contribution in [0.1, 0.15) is 5.56 Å². The van der Waals surface area contributed by atoms with E-state index in [-0.39, 0.29) is 11.4 Å². The van der Waals surface area contributed by atoms with Gasteiger partial charge in [-0.1, -0.05) is 11.6 Å². The van der Waals surface area contributed by atoms with E-state index in [9.17, 15) is 4.39 Å². The molecule has 0 heterocycles. The minimum atomic E-state index is -0.479. The number of hydrogen-bond donors (Lipinski definition) is 0. The first-order valence-corrected chi connectivity index (χ1v) is 3.95.